The first-order chi connectivity index (χ1) is 10.5. The number of rotatable bonds is 8. The highest BCUT2D eigenvalue weighted by atomic mass is 19.3. The SMILES string of the molecule is CCN(CC(=O)Nc1ccccc1OC(F)F)C[C@@H](C)C#N. The number of benzene rings is 1. The Morgan fingerprint density at radius 1 is 1.45 bits per heavy atom. The molecule has 1 atom stereocenters. The quantitative estimate of drug-likeness (QED) is 0.801. The topological polar surface area (TPSA) is 65.4 Å². The van der Waals surface area contributed by atoms with Gasteiger partial charge < -0.3 is 10.1 Å². The average Bonchev–Trinajstić information content (AvgIpc) is 2.47. The average molecular weight is 311 g/mol. The van der Waals surface area contributed by atoms with E-state index in [9.17, 15) is 13.6 Å². The molecule has 0 aliphatic rings. The predicted molar refractivity (Wildman–Crippen MR) is 78.6 cm³/mol. The Balaban J connectivity index is 2.66. The van der Waals surface area contributed by atoms with E-state index >= 15 is 0 Å². The van der Waals surface area contributed by atoms with Crippen molar-refractivity contribution in [2.45, 2.75) is 20.5 Å². The van der Waals surface area contributed by atoms with Gasteiger partial charge in [-0.15, -0.1) is 0 Å². The number of hydrogen-bond acceptors (Lipinski definition) is 4. The van der Waals surface area contributed by atoms with Crippen molar-refractivity contribution in [1.29, 1.82) is 5.26 Å². The smallest absolute Gasteiger partial charge is 0.387 e. The Morgan fingerprint density at radius 3 is 2.73 bits per heavy atom. The Hall–Kier alpha value is -2.20. The molecule has 0 unspecified atom stereocenters. The Labute approximate surface area is 128 Å². The van der Waals surface area contributed by atoms with E-state index in [-0.39, 0.29) is 29.8 Å². The lowest BCUT2D eigenvalue weighted by Crippen LogP contribution is -2.35. The molecule has 5 nitrogen and oxygen atoms in total. The van der Waals surface area contributed by atoms with Gasteiger partial charge in [-0.3, -0.25) is 9.69 Å². The van der Waals surface area contributed by atoms with E-state index in [1.807, 2.05) is 6.92 Å². The van der Waals surface area contributed by atoms with Crippen molar-refractivity contribution < 1.29 is 18.3 Å². The van der Waals surface area contributed by atoms with Gasteiger partial charge in [-0.05, 0) is 25.6 Å². The molecular weight excluding hydrogens is 292 g/mol. The molecule has 1 rings (SSSR count). The second-order valence-electron chi connectivity index (χ2n) is 4.78. The van der Waals surface area contributed by atoms with Crippen LogP contribution in [0.3, 0.4) is 0 Å². The second-order valence-corrected chi connectivity index (χ2v) is 4.78. The summed E-state index contributed by atoms with van der Waals surface area (Å²) in [7, 11) is 0. The Kier molecular flexibility index (Phi) is 7.26. The molecule has 0 bridgehead atoms. The summed E-state index contributed by atoms with van der Waals surface area (Å²) in [4.78, 5) is 13.8. The molecule has 1 aromatic carbocycles. The van der Waals surface area contributed by atoms with E-state index in [1.165, 1.54) is 12.1 Å². The second kappa shape index (κ2) is 8.95. The van der Waals surface area contributed by atoms with Crippen LogP contribution in [-0.2, 0) is 4.79 Å². The van der Waals surface area contributed by atoms with Crippen molar-refractivity contribution in [3.8, 4) is 11.8 Å². The monoisotopic (exact) mass is 311 g/mol. The summed E-state index contributed by atoms with van der Waals surface area (Å²) < 4.78 is 29.0. The minimum absolute atomic E-state index is 0.0749. The third kappa shape index (κ3) is 6.06. The molecule has 0 radical (unpaired) electrons. The highest BCUT2D eigenvalue weighted by Gasteiger charge is 2.15. The molecule has 22 heavy (non-hydrogen) atoms. The molecule has 0 saturated carbocycles. The summed E-state index contributed by atoms with van der Waals surface area (Å²) in [6, 6.07) is 8.11. The summed E-state index contributed by atoms with van der Waals surface area (Å²) in [5, 5.41) is 11.4. The van der Waals surface area contributed by atoms with Crippen LogP contribution in [0.25, 0.3) is 0 Å². The number of nitriles is 1. The van der Waals surface area contributed by atoms with Crippen LogP contribution in [0.15, 0.2) is 24.3 Å². The summed E-state index contributed by atoms with van der Waals surface area (Å²) in [6.07, 6.45) is 0. The van der Waals surface area contributed by atoms with E-state index in [1.54, 1.807) is 24.0 Å². The van der Waals surface area contributed by atoms with Gasteiger partial charge in [0.05, 0.1) is 24.2 Å². The molecule has 0 aliphatic carbocycles. The van der Waals surface area contributed by atoms with E-state index in [0.29, 0.717) is 13.1 Å². The van der Waals surface area contributed by atoms with Gasteiger partial charge in [0.25, 0.3) is 0 Å². The molecule has 0 aliphatic heterocycles. The van der Waals surface area contributed by atoms with Crippen molar-refractivity contribution in [3.63, 3.8) is 0 Å². The maximum Gasteiger partial charge on any atom is 0.387 e. The van der Waals surface area contributed by atoms with Gasteiger partial charge in [-0.1, -0.05) is 19.1 Å². The number of carbonyl (C=O) groups is 1. The zero-order valence-electron chi connectivity index (χ0n) is 12.6. The molecule has 1 amide bonds. The number of para-hydroxylation sites is 2. The minimum Gasteiger partial charge on any atom is -0.433 e. The van der Waals surface area contributed by atoms with Gasteiger partial charge in [0.1, 0.15) is 5.75 Å². The number of likely N-dealkylation sites (N-methyl/N-ethyl adjacent to an activating group) is 1. The van der Waals surface area contributed by atoms with E-state index in [0.717, 1.165) is 0 Å². The summed E-state index contributed by atoms with van der Waals surface area (Å²) in [5.41, 5.74) is 0.192. The third-order valence-corrected chi connectivity index (χ3v) is 2.94. The van der Waals surface area contributed by atoms with Crippen LogP contribution in [0.5, 0.6) is 5.75 Å². The number of amides is 1. The Morgan fingerprint density at radius 2 is 2.14 bits per heavy atom. The van der Waals surface area contributed by atoms with Gasteiger partial charge in [0.15, 0.2) is 0 Å². The fourth-order valence-electron chi connectivity index (χ4n) is 1.90. The fraction of sp³-hybridized carbons (Fsp3) is 0.467. The largest absolute Gasteiger partial charge is 0.433 e. The number of alkyl halides is 2. The molecule has 1 N–H and O–H groups in total. The lowest BCUT2D eigenvalue weighted by molar-refractivity contribution is -0.117. The van der Waals surface area contributed by atoms with Crippen LogP contribution in [0.1, 0.15) is 13.8 Å². The highest BCUT2D eigenvalue weighted by Crippen LogP contribution is 2.25. The molecule has 0 spiro atoms. The van der Waals surface area contributed by atoms with E-state index in [2.05, 4.69) is 16.1 Å². The van der Waals surface area contributed by atoms with Crippen molar-refractivity contribution >= 4 is 11.6 Å². The number of ether oxygens (including phenoxy) is 1. The maximum atomic E-state index is 12.3. The third-order valence-electron chi connectivity index (χ3n) is 2.94. The van der Waals surface area contributed by atoms with Crippen LogP contribution in [0.4, 0.5) is 14.5 Å². The van der Waals surface area contributed by atoms with Gasteiger partial charge in [0.2, 0.25) is 5.91 Å². The normalized spacial score (nSPS) is 12.0. The number of carbonyl (C=O) groups excluding carboxylic acids is 1. The number of anilines is 1. The van der Waals surface area contributed by atoms with E-state index in [4.69, 9.17) is 5.26 Å². The van der Waals surface area contributed by atoms with Crippen molar-refractivity contribution in [1.82, 2.24) is 4.90 Å². The highest BCUT2D eigenvalue weighted by molar-refractivity contribution is 5.93. The van der Waals surface area contributed by atoms with Gasteiger partial charge in [-0.2, -0.15) is 14.0 Å². The molecule has 0 fully saturated rings. The zero-order valence-corrected chi connectivity index (χ0v) is 12.6. The number of hydrogen-bond donors (Lipinski definition) is 1. The van der Waals surface area contributed by atoms with Crippen LogP contribution in [0, 0.1) is 17.2 Å². The molecule has 120 valence electrons. The lowest BCUT2D eigenvalue weighted by Gasteiger charge is -2.21. The van der Waals surface area contributed by atoms with Crippen LogP contribution in [-0.4, -0.2) is 37.1 Å². The van der Waals surface area contributed by atoms with Crippen molar-refractivity contribution in [3.05, 3.63) is 24.3 Å². The maximum absolute atomic E-state index is 12.3. The van der Waals surface area contributed by atoms with Crippen LogP contribution in [0.2, 0.25) is 0 Å². The summed E-state index contributed by atoms with van der Waals surface area (Å²) in [5.74, 6) is -0.626. The molecule has 0 aromatic heterocycles. The minimum atomic E-state index is -2.96. The van der Waals surface area contributed by atoms with E-state index < -0.39 is 6.61 Å². The van der Waals surface area contributed by atoms with Gasteiger partial charge >= 0.3 is 6.61 Å². The summed E-state index contributed by atoms with van der Waals surface area (Å²) in [6.45, 7) is 1.84. The number of nitrogens with zero attached hydrogens (tertiary/aromatic N) is 2. The summed E-state index contributed by atoms with van der Waals surface area (Å²) >= 11 is 0. The van der Waals surface area contributed by atoms with Crippen molar-refractivity contribution in [2.75, 3.05) is 25.0 Å². The van der Waals surface area contributed by atoms with Gasteiger partial charge in [-0.25, -0.2) is 0 Å². The molecule has 1 aromatic rings. The first-order valence-electron chi connectivity index (χ1n) is 6.91. The molecule has 7 heteroatoms. The van der Waals surface area contributed by atoms with Crippen LogP contribution < -0.4 is 10.1 Å². The first kappa shape index (κ1) is 17.9. The van der Waals surface area contributed by atoms with Crippen LogP contribution >= 0.6 is 0 Å². The van der Waals surface area contributed by atoms with Crippen molar-refractivity contribution in [2.24, 2.45) is 5.92 Å². The van der Waals surface area contributed by atoms with Gasteiger partial charge in [0, 0.05) is 6.54 Å². The molecular formula is C15H19F2N3O2. The number of nitrogens with one attached hydrogen (secondary N) is 1. The zero-order chi connectivity index (χ0) is 16.5. The molecule has 0 saturated heterocycles. The fourth-order valence-corrected chi connectivity index (χ4v) is 1.90. The Bertz CT molecular complexity index is 532. The predicted octanol–water partition coefficient (Wildman–Crippen LogP) is 2.71. The number of halogens is 2. The first-order valence-corrected chi connectivity index (χ1v) is 6.91. The molecule has 0 heterocycles. The lowest BCUT2D eigenvalue weighted by atomic mass is 10.2. The standard InChI is InChI=1S/C15H19F2N3O2/c1-3-20(9-11(2)8-18)10-14(21)19-12-6-4-5-7-13(12)22-15(16)17/h4-7,11,15H,3,9-10H2,1-2H3,(H,19,21)/t11-/m0/s1.